The third-order valence-electron chi connectivity index (χ3n) is 9.02. The Morgan fingerprint density at radius 3 is 2.21 bits per heavy atom. The van der Waals surface area contributed by atoms with Crippen molar-refractivity contribution < 1.29 is 13.9 Å². The number of benzene rings is 1. The summed E-state index contributed by atoms with van der Waals surface area (Å²) in [7, 11) is 0. The van der Waals surface area contributed by atoms with Crippen molar-refractivity contribution in [3.63, 3.8) is 0 Å². The van der Waals surface area contributed by atoms with E-state index in [2.05, 4.69) is 69.7 Å². The molecule has 4 heteroatoms. The van der Waals surface area contributed by atoms with E-state index in [9.17, 15) is 13.9 Å². The summed E-state index contributed by atoms with van der Waals surface area (Å²) in [4.78, 5) is 2.23. The van der Waals surface area contributed by atoms with Gasteiger partial charge in [0, 0.05) is 30.3 Å². The molecule has 1 heterocycles. The molecule has 1 aliphatic heterocycles. The normalized spacial score (nSPS) is 28.6. The van der Waals surface area contributed by atoms with E-state index in [0.29, 0.717) is 18.8 Å². The summed E-state index contributed by atoms with van der Waals surface area (Å²) < 4.78 is 27.8. The summed E-state index contributed by atoms with van der Waals surface area (Å²) in [6.07, 6.45) is 6.11. The Morgan fingerprint density at radius 2 is 1.73 bits per heavy atom. The van der Waals surface area contributed by atoms with Crippen molar-refractivity contribution >= 4 is 5.69 Å². The van der Waals surface area contributed by atoms with Crippen LogP contribution in [0.15, 0.2) is 61.3 Å². The summed E-state index contributed by atoms with van der Waals surface area (Å²) in [6, 6.07) is 8.68. The number of aliphatic hydroxyl groups is 1. The number of hydrogen-bond donors (Lipinski definition) is 1. The van der Waals surface area contributed by atoms with E-state index in [4.69, 9.17) is 0 Å². The molecular formula is C29H41F2NO. The second kappa shape index (κ2) is 9.02. The fraction of sp³-hybridized carbons (Fsp3) is 0.586. The second-order valence-corrected chi connectivity index (χ2v) is 11.0. The first kappa shape index (κ1) is 25.7. The zero-order valence-electron chi connectivity index (χ0n) is 20.9. The van der Waals surface area contributed by atoms with Crippen LogP contribution in [0.25, 0.3) is 0 Å². The molecule has 1 saturated carbocycles. The maximum absolute atomic E-state index is 13.9. The molecule has 33 heavy (non-hydrogen) atoms. The fourth-order valence-electron chi connectivity index (χ4n) is 5.78. The van der Waals surface area contributed by atoms with E-state index >= 15 is 0 Å². The van der Waals surface area contributed by atoms with Gasteiger partial charge in [-0.3, -0.25) is 0 Å². The van der Waals surface area contributed by atoms with Gasteiger partial charge in [0.05, 0.1) is 0 Å². The molecule has 1 aliphatic carbocycles. The molecule has 3 rings (SSSR count). The van der Waals surface area contributed by atoms with Crippen molar-refractivity contribution in [2.75, 3.05) is 11.4 Å². The molecule has 2 atom stereocenters. The lowest BCUT2D eigenvalue weighted by Crippen LogP contribution is -2.50. The van der Waals surface area contributed by atoms with Gasteiger partial charge in [-0.25, -0.2) is 8.78 Å². The standard InChI is InChI=1S/C29H41F2NO/c1-8-13-26(6,21(2)3)22(4)20-24-9-11-25(12-10-24)32-19-18-28(23(32)5)14-16-29(33,17-15-28)27(7,30)31/h8-12,22,33H,1-2,5,13-20H2,3-4,6-7H3. The molecule has 2 unspecified atom stereocenters. The van der Waals surface area contributed by atoms with Crippen molar-refractivity contribution in [2.24, 2.45) is 16.7 Å². The average Bonchev–Trinajstić information content (AvgIpc) is 3.06. The van der Waals surface area contributed by atoms with E-state index in [1.165, 1.54) is 11.1 Å². The summed E-state index contributed by atoms with van der Waals surface area (Å²) >= 11 is 0. The average molecular weight is 458 g/mol. The van der Waals surface area contributed by atoms with E-state index in [1.807, 2.05) is 6.08 Å². The minimum Gasteiger partial charge on any atom is -0.384 e. The minimum atomic E-state index is -3.08. The Kier molecular flexibility index (Phi) is 7.02. The van der Waals surface area contributed by atoms with Crippen molar-refractivity contribution in [3.8, 4) is 0 Å². The molecule has 0 aromatic heterocycles. The Bertz CT molecular complexity index is 889. The first-order valence-corrected chi connectivity index (χ1v) is 12.2. The topological polar surface area (TPSA) is 23.5 Å². The van der Waals surface area contributed by atoms with Gasteiger partial charge < -0.3 is 10.0 Å². The highest BCUT2D eigenvalue weighted by Gasteiger charge is 2.55. The van der Waals surface area contributed by atoms with Gasteiger partial charge in [0.2, 0.25) is 0 Å². The quantitative estimate of drug-likeness (QED) is 0.404. The Morgan fingerprint density at radius 1 is 1.15 bits per heavy atom. The van der Waals surface area contributed by atoms with Crippen LogP contribution in [-0.4, -0.2) is 23.2 Å². The lowest BCUT2D eigenvalue weighted by Gasteiger charge is -2.45. The van der Waals surface area contributed by atoms with Crippen LogP contribution in [0.3, 0.4) is 0 Å². The van der Waals surface area contributed by atoms with Gasteiger partial charge in [-0.1, -0.05) is 50.8 Å². The Balaban J connectivity index is 1.68. The third-order valence-corrected chi connectivity index (χ3v) is 9.02. The van der Waals surface area contributed by atoms with E-state index in [0.717, 1.165) is 44.1 Å². The van der Waals surface area contributed by atoms with Crippen LogP contribution in [0.4, 0.5) is 14.5 Å². The van der Waals surface area contributed by atoms with Crippen LogP contribution in [0.5, 0.6) is 0 Å². The van der Waals surface area contributed by atoms with Gasteiger partial charge in [-0.15, -0.1) is 6.58 Å². The molecule has 2 fully saturated rings. The van der Waals surface area contributed by atoms with Gasteiger partial charge in [0.1, 0.15) is 5.60 Å². The Hall–Kier alpha value is -1.94. The zero-order chi connectivity index (χ0) is 24.7. The van der Waals surface area contributed by atoms with Crippen LogP contribution < -0.4 is 4.90 Å². The van der Waals surface area contributed by atoms with Crippen molar-refractivity contribution in [1.29, 1.82) is 0 Å². The monoisotopic (exact) mass is 457 g/mol. The number of halogens is 2. The van der Waals surface area contributed by atoms with Gasteiger partial charge in [-0.2, -0.15) is 0 Å². The predicted octanol–water partition coefficient (Wildman–Crippen LogP) is 7.69. The maximum atomic E-state index is 13.9. The molecule has 1 N–H and O–H groups in total. The van der Waals surface area contributed by atoms with Crippen LogP contribution >= 0.6 is 0 Å². The summed E-state index contributed by atoms with van der Waals surface area (Å²) in [6.45, 7) is 20.9. The molecule has 0 radical (unpaired) electrons. The first-order chi connectivity index (χ1) is 15.3. The number of anilines is 1. The molecule has 0 amide bonds. The molecule has 1 aromatic carbocycles. The van der Waals surface area contributed by atoms with Crippen molar-refractivity contribution in [3.05, 3.63) is 66.9 Å². The molecule has 2 nitrogen and oxygen atoms in total. The van der Waals surface area contributed by atoms with Crippen LogP contribution in [0.2, 0.25) is 0 Å². The van der Waals surface area contributed by atoms with Gasteiger partial charge >= 0.3 is 0 Å². The molecular weight excluding hydrogens is 416 g/mol. The minimum absolute atomic E-state index is 0.0221. The number of nitrogens with zero attached hydrogens (tertiary/aromatic N) is 1. The lowest BCUT2D eigenvalue weighted by atomic mass is 9.65. The maximum Gasteiger partial charge on any atom is 0.273 e. The van der Waals surface area contributed by atoms with Gasteiger partial charge in [0.25, 0.3) is 5.92 Å². The number of hydrogen-bond acceptors (Lipinski definition) is 2. The summed E-state index contributed by atoms with van der Waals surface area (Å²) in [5.74, 6) is -2.64. The molecule has 1 aromatic rings. The SMILES string of the molecule is C=CCC(C)(C(=C)C)C(C)Cc1ccc(N2CCC3(CCC(O)(C(C)(F)F)CC3)C2=C)cc1. The van der Waals surface area contributed by atoms with Gasteiger partial charge in [0.15, 0.2) is 0 Å². The first-order valence-electron chi connectivity index (χ1n) is 12.2. The van der Waals surface area contributed by atoms with Gasteiger partial charge in [-0.05, 0) is 80.9 Å². The second-order valence-electron chi connectivity index (χ2n) is 11.0. The highest BCUT2D eigenvalue weighted by Crippen LogP contribution is 2.55. The predicted molar refractivity (Wildman–Crippen MR) is 135 cm³/mol. The van der Waals surface area contributed by atoms with Crippen LogP contribution in [0, 0.1) is 16.7 Å². The number of rotatable bonds is 8. The zero-order valence-corrected chi connectivity index (χ0v) is 20.9. The van der Waals surface area contributed by atoms with Crippen molar-refractivity contribution in [2.45, 2.75) is 84.2 Å². The number of allylic oxidation sites excluding steroid dienone is 3. The molecule has 182 valence electrons. The largest absolute Gasteiger partial charge is 0.384 e. The summed E-state index contributed by atoms with van der Waals surface area (Å²) in [5, 5.41) is 10.4. The summed E-state index contributed by atoms with van der Waals surface area (Å²) in [5.41, 5.74) is 2.52. The Labute approximate surface area is 199 Å². The number of alkyl halides is 2. The van der Waals surface area contributed by atoms with E-state index in [-0.39, 0.29) is 23.7 Å². The molecule has 1 spiro atoms. The highest BCUT2D eigenvalue weighted by molar-refractivity contribution is 5.56. The molecule has 0 bridgehead atoms. The smallest absolute Gasteiger partial charge is 0.273 e. The third kappa shape index (κ3) is 4.69. The lowest BCUT2D eigenvalue weighted by molar-refractivity contribution is -0.192. The van der Waals surface area contributed by atoms with E-state index in [1.54, 1.807) is 0 Å². The highest BCUT2D eigenvalue weighted by atomic mass is 19.3. The molecule has 1 saturated heterocycles. The fourth-order valence-corrected chi connectivity index (χ4v) is 5.78. The van der Waals surface area contributed by atoms with Crippen molar-refractivity contribution in [1.82, 2.24) is 0 Å². The molecule has 2 aliphatic rings. The van der Waals surface area contributed by atoms with Crippen LogP contribution in [-0.2, 0) is 6.42 Å². The van der Waals surface area contributed by atoms with Crippen LogP contribution in [0.1, 0.15) is 71.8 Å². The van der Waals surface area contributed by atoms with E-state index < -0.39 is 11.5 Å².